The Kier molecular flexibility index (Phi) is 9.98. The zero-order valence-corrected chi connectivity index (χ0v) is 18.6. The van der Waals surface area contributed by atoms with Crippen LogP contribution in [0.1, 0.15) is 40.0 Å². The minimum Gasteiger partial charge on any atom is -0.466 e. The SMILES string of the molecule is C=C(C)C(O)C[C@@H](C(C)C)C1(C/C(=C\C(=O)OC)C(=O)OC)SCCCS1. The number of hydrogen-bond acceptors (Lipinski definition) is 7. The van der Waals surface area contributed by atoms with Gasteiger partial charge in [0.25, 0.3) is 0 Å². The van der Waals surface area contributed by atoms with Crippen LogP contribution in [-0.4, -0.2) is 53.0 Å². The van der Waals surface area contributed by atoms with E-state index in [1.807, 2.05) is 30.4 Å². The first-order valence-electron chi connectivity index (χ1n) is 9.15. The van der Waals surface area contributed by atoms with Crippen LogP contribution >= 0.6 is 23.5 Å². The summed E-state index contributed by atoms with van der Waals surface area (Å²) in [5.74, 6) is 1.28. The molecule has 5 nitrogen and oxygen atoms in total. The van der Waals surface area contributed by atoms with Gasteiger partial charge in [-0.2, -0.15) is 0 Å². The zero-order chi connectivity index (χ0) is 20.6. The lowest BCUT2D eigenvalue weighted by Gasteiger charge is -2.45. The number of aliphatic hydroxyl groups excluding tert-OH is 1. The minimum atomic E-state index is -0.594. The number of rotatable bonds is 9. The third kappa shape index (κ3) is 6.88. The number of carbonyl (C=O) groups excluding carboxylic acids is 2. The lowest BCUT2D eigenvalue weighted by atomic mass is 9.83. The van der Waals surface area contributed by atoms with Gasteiger partial charge in [0.2, 0.25) is 0 Å². The van der Waals surface area contributed by atoms with Gasteiger partial charge in [-0.25, -0.2) is 9.59 Å². The third-order valence-electron chi connectivity index (χ3n) is 4.77. The van der Waals surface area contributed by atoms with E-state index in [0.717, 1.165) is 23.5 Å². The van der Waals surface area contributed by atoms with E-state index < -0.39 is 18.0 Å². The van der Waals surface area contributed by atoms with Gasteiger partial charge in [-0.15, -0.1) is 23.5 Å². The summed E-state index contributed by atoms with van der Waals surface area (Å²) >= 11 is 3.63. The molecule has 1 N–H and O–H groups in total. The summed E-state index contributed by atoms with van der Waals surface area (Å²) < 4.78 is 9.30. The van der Waals surface area contributed by atoms with E-state index >= 15 is 0 Å². The molecule has 1 unspecified atom stereocenters. The Labute approximate surface area is 171 Å². The first kappa shape index (κ1) is 24.1. The predicted molar refractivity (Wildman–Crippen MR) is 113 cm³/mol. The summed E-state index contributed by atoms with van der Waals surface area (Å²) in [7, 11) is 2.60. The molecule has 0 aliphatic carbocycles. The second-order valence-corrected chi connectivity index (χ2v) is 10.3. The van der Waals surface area contributed by atoms with Crippen LogP contribution in [-0.2, 0) is 19.1 Å². The van der Waals surface area contributed by atoms with Crippen molar-refractivity contribution in [1.29, 1.82) is 0 Å². The van der Waals surface area contributed by atoms with E-state index in [2.05, 4.69) is 20.4 Å². The zero-order valence-electron chi connectivity index (χ0n) is 16.9. The number of aliphatic hydroxyl groups is 1. The molecule has 0 aromatic rings. The molecule has 1 saturated heterocycles. The normalized spacial score (nSPS) is 19.3. The lowest BCUT2D eigenvalue weighted by Crippen LogP contribution is -2.40. The van der Waals surface area contributed by atoms with E-state index in [0.29, 0.717) is 18.4 Å². The molecular weight excluding hydrogens is 384 g/mol. The van der Waals surface area contributed by atoms with Gasteiger partial charge in [-0.1, -0.05) is 26.0 Å². The maximum Gasteiger partial charge on any atom is 0.334 e. The van der Waals surface area contributed by atoms with Crippen LogP contribution in [0, 0.1) is 11.8 Å². The Balaban J connectivity index is 3.29. The van der Waals surface area contributed by atoms with E-state index in [4.69, 9.17) is 9.47 Å². The summed E-state index contributed by atoms with van der Waals surface area (Å²) in [6.45, 7) is 9.97. The van der Waals surface area contributed by atoms with Gasteiger partial charge in [0.1, 0.15) is 0 Å². The maximum atomic E-state index is 12.3. The molecule has 0 spiro atoms. The fraction of sp³-hybridized carbons (Fsp3) is 0.700. The van der Waals surface area contributed by atoms with Gasteiger partial charge in [-0.05, 0) is 43.1 Å². The molecule has 1 heterocycles. The van der Waals surface area contributed by atoms with Crippen LogP contribution in [0.25, 0.3) is 0 Å². The van der Waals surface area contributed by atoms with Crippen molar-refractivity contribution in [2.45, 2.75) is 50.2 Å². The minimum absolute atomic E-state index is 0.130. The number of hydrogen-bond donors (Lipinski definition) is 1. The molecule has 7 heteroatoms. The molecule has 0 radical (unpaired) electrons. The summed E-state index contributed by atoms with van der Waals surface area (Å²) in [4.78, 5) is 24.1. The first-order valence-corrected chi connectivity index (χ1v) is 11.1. The summed E-state index contributed by atoms with van der Waals surface area (Å²) in [5, 5.41) is 10.5. The van der Waals surface area contributed by atoms with Crippen LogP contribution in [0.5, 0.6) is 0 Å². The van der Waals surface area contributed by atoms with Gasteiger partial charge < -0.3 is 14.6 Å². The van der Waals surface area contributed by atoms with E-state index in [-0.39, 0.29) is 15.9 Å². The summed E-state index contributed by atoms with van der Waals surface area (Å²) in [6, 6.07) is 0. The predicted octanol–water partition coefficient (Wildman–Crippen LogP) is 3.81. The van der Waals surface area contributed by atoms with Crippen LogP contribution in [0.4, 0.5) is 0 Å². The Bertz CT molecular complexity index is 565. The Morgan fingerprint density at radius 2 is 1.81 bits per heavy atom. The Hall–Kier alpha value is -0.920. The van der Waals surface area contributed by atoms with Crippen molar-refractivity contribution in [2.24, 2.45) is 11.8 Å². The van der Waals surface area contributed by atoms with E-state index in [9.17, 15) is 14.7 Å². The Morgan fingerprint density at radius 3 is 2.26 bits per heavy atom. The summed E-state index contributed by atoms with van der Waals surface area (Å²) in [6.07, 6.45) is 2.69. The fourth-order valence-corrected chi connectivity index (χ4v) is 7.18. The standard InChI is InChI=1S/C20H32O5S2/c1-13(2)16(11-17(21)14(3)4)20(26-8-7-9-27-20)12-15(19(23)25-6)10-18(22)24-5/h10,13,16-17,21H,3,7-9,11-12H2,1-2,4-6H3/b15-10+/t16-,17?/m0/s1. The largest absolute Gasteiger partial charge is 0.466 e. The van der Waals surface area contributed by atoms with Gasteiger partial charge >= 0.3 is 11.9 Å². The van der Waals surface area contributed by atoms with Crippen LogP contribution in [0.3, 0.4) is 0 Å². The smallest absolute Gasteiger partial charge is 0.334 e. The van der Waals surface area contributed by atoms with Gasteiger partial charge in [-0.3, -0.25) is 0 Å². The van der Waals surface area contributed by atoms with Crippen LogP contribution in [0.2, 0.25) is 0 Å². The highest BCUT2D eigenvalue weighted by molar-refractivity contribution is 8.18. The second-order valence-electron chi connectivity index (χ2n) is 7.17. The van der Waals surface area contributed by atoms with E-state index in [1.54, 1.807) is 0 Å². The fourth-order valence-electron chi connectivity index (χ4n) is 3.22. The van der Waals surface area contributed by atoms with Crippen molar-refractivity contribution in [1.82, 2.24) is 0 Å². The van der Waals surface area contributed by atoms with Crippen LogP contribution in [0.15, 0.2) is 23.8 Å². The number of ether oxygens (including phenoxy) is 2. The average Bonchev–Trinajstić information content (AvgIpc) is 2.64. The molecule has 0 aromatic heterocycles. The number of esters is 2. The highest BCUT2D eigenvalue weighted by atomic mass is 32.2. The average molecular weight is 417 g/mol. The molecule has 1 aliphatic heterocycles. The van der Waals surface area contributed by atoms with Crippen molar-refractivity contribution in [3.63, 3.8) is 0 Å². The molecule has 0 aromatic carbocycles. The molecule has 27 heavy (non-hydrogen) atoms. The highest BCUT2D eigenvalue weighted by Crippen LogP contribution is 2.55. The third-order valence-corrected chi connectivity index (χ3v) is 8.34. The van der Waals surface area contributed by atoms with Crippen LogP contribution < -0.4 is 0 Å². The molecule has 1 aliphatic rings. The topological polar surface area (TPSA) is 72.8 Å². The molecule has 0 saturated carbocycles. The summed E-state index contributed by atoms with van der Waals surface area (Å²) in [5.41, 5.74) is 1.04. The van der Waals surface area contributed by atoms with Gasteiger partial charge in [0.15, 0.2) is 0 Å². The molecular formula is C20H32O5S2. The lowest BCUT2D eigenvalue weighted by molar-refractivity contribution is -0.138. The monoisotopic (exact) mass is 416 g/mol. The number of methoxy groups -OCH3 is 2. The molecule has 0 bridgehead atoms. The molecule has 1 fully saturated rings. The molecule has 1 rings (SSSR count). The number of carbonyl (C=O) groups is 2. The maximum absolute atomic E-state index is 12.3. The van der Waals surface area contributed by atoms with Crippen molar-refractivity contribution in [3.8, 4) is 0 Å². The second kappa shape index (κ2) is 11.2. The van der Waals surface area contributed by atoms with Gasteiger partial charge in [0, 0.05) is 18.1 Å². The quantitative estimate of drug-likeness (QED) is 0.348. The molecule has 0 amide bonds. The molecule has 2 atom stereocenters. The number of thioether (sulfide) groups is 2. The van der Waals surface area contributed by atoms with E-state index in [1.165, 1.54) is 20.3 Å². The first-order chi connectivity index (χ1) is 12.7. The highest BCUT2D eigenvalue weighted by Gasteiger charge is 2.45. The van der Waals surface area contributed by atoms with Gasteiger partial charge in [0.05, 0.1) is 24.4 Å². The van der Waals surface area contributed by atoms with Crippen molar-refractivity contribution >= 4 is 35.5 Å². The van der Waals surface area contributed by atoms with Crippen molar-refractivity contribution in [2.75, 3.05) is 25.7 Å². The van der Waals surface area contributed by atoms with Crippen molar-refractivity contribution in [3.05, 3.63) is 23.8 Å². The Morgan fingerprint density at radius 1 is 1.22 bits per heavy atom. The van der Waals surface area contributed by atoms with Crippen molar-refractivity contribution < 1.29 is 24.2 Å². The molecule has 154 valence electrons.